The Morgan fingerprint density at radius 2 is 1.62 bits per heavy atom. The highest BCUT2D eigenvalue weighted by Crippen LogP contribution is 2.39. The van der Waals surface area contributed by atoms with E-state index in [1.807, 2.05) is 50.2 Å². The third kappa shape index (κ3) is 4.65. The highest BCUT2D eigenvalue weighted by Gasteiger charge is 2.19. The van der Waals surface area contributed by atoms with Crippen LogP contribution in [0.2, 0.25) is 0 Å². The van der Waals surface area contributed by atoms with Crippen molar-refractivity contribution in [3.63, 3.8) is 0 Å². The molecule has 0 spiro atoms. The first-order valence-electron chi connectivity index (χ1n) is 12.7. The summed E-state index contributed by atoms with van der Waals surface area (Å²) in [5, 5.41) is 3.54. The molecule has 5 nitrogen and oxygen atoms in total. The van der Waals surface area contributed by atoms with Crippen molar-refractivity contribution in [3.05, 3.63) is 96.2 Å². The van der Waals surface area contributed by atoms with Gasteiger partial charge in [-0.1, -0.05) is 48.5 Å². The molecule has 0 aliphatic heterocycles. The minimum absolute atomic E-state index is 0.343. The molecule has 0 saturated heterocycles. The molecule has 0 atom stereocenters. The first-order valence-corrected chi connectivity index (χ1v) is 12.7. The second kappa shape index (κ2) is 10.4. The van der Waals surface area contributed by atoms with E-state index in [2.05, 4.69) is 60.2 Å². The smallest absolute Gasteiger partial charge is 0.415 e. The van der Waals surface area contributed by atoms with Gasteiger partial charge in [0, 0.05) is 42.3 Å². The quantitative estimate of drug-likeness (QED) is 0.234. The number of aryl methyl sites for hydroxylation is 1. The van der Waals surface area contributed by atoms with Crippen LogP contribution in [0.3, 0.4) is 0 Å². The monoisotopic (exact) mass is 492 g/mol. The van der Waals surface area contributed by atoms with E-state index in [4.69, 9.17) is 9.47 Å². The Labute approximate surface area is 217 Å². The zero-order valence-electron chi connectivity index (χ0n) is 21.8. The van der Waals surface area contributed by atoms with Crippen LogP contribution in [-0.2, 0) is 6.54 Å². The van der Waals surface area contributed by atoms with Crippen molar-refractivity contribution in [1.82, 2.24) is 9.47 Å². The molecule has 0 aliphatic carbocycles. The Morgan fingerprint density at radius 1 is 0.865 bits per heavy atom. The van der Waals surface area contributed by atoms with Crippen molar-refractivity contribution in [2.75, 3.05) is 20.2 Å². The Bertz CT molecular complexity index is 1560. The van der Waals surface area contributed by atoms with Crippen LogP contribution >= 0.6 is 0 Å². The van der Waals surface area contributed by atoms with Crippen LogP contribution in [0.4, 0.5) is 4.79 Å². The molecule has 0 fully saturated rings. The highest BCUT2D eigenvalue weighted by atomic mass is 16.6. The van der Waals surface area contributed by atoms with Gasteiger partial charge in [0.2, 0.25) is 0 Å². The third-order valence-corrected chi connectivity index (χ3v) is 7.12. The van der Waals surface area contributed by atoms with E-state index >= 15 is 0 Å². The van der Waals surface area contributed by atoms with E-state index in [1.54, 1.807) is 12.0 Å². The number of rotatable bonds is 7. The topological polar surface area (TPSA) is 43.7 Å². The normalized spacial score (nSPS) is 11.1. The number of hydrogen-bond donors (Lipinski definition) is 0. The van der Waals surface area contributed by atoms with Gasteiger partial charge in [0.15, 0.2) is 0 Å². The largest absolute Gasteiger partial charge is 0.497 e. The Kier molecular flexibility index (Phi) is 6.87. The highest BCUT2D eigenvalue weighted by molar-refractivity contribution is 6.00. The van der Waals surface area contributed by atoms with E-state index in [0.717, 1.165) is 34.3 Å². The zero-order valence-corrected chi connectivity index (χ0v) is 21.8. The van der Waals surface area contributed by atoms with E-state index in [9.17, 15) is 4.79 Å². The molecule has 37 heavy (non-hydrogen) atoms. The van der Waals surface area contributed by atoms with E-state index in [0.29, 0.717) is 18.8 Å². The summed E-state index contributed by atoms with van der Waals surface area (Å²) < 4.78 is 13.6. The van der Waals surface area contributed by atoms with Crippen LogP contribution in [0, 0.1) is 6.92 Å². The zero-order chi connectivity index (χ0) is 25.9. The summed E-state index contributed by atoms with van der Waals surface area (Å²) in [5.74, 6) is 1.33. The molecule has 4 aromatic carbocycles. The number of carbonyl (C=O) groups is 1. The van der Waals surface area contributed by atoms with Gasteiger partial charge in [-0.15, -0.1) is 0 Å². The second-order valence-corrected chi connectivity index (χ2v) is 9.17. The number of ether oxygens (including phenoxy) is 2. The maximum Gasteiger partial charge on any atom is 0.415 e. The first kappa shape index (κ1) is 24.4. The maximum absolute atomic E-state index is 12.9. The molecule has 0 bridgehead atoms. The summed E-state index contributed by atoms with van der Waals surface area (Å²) >= 11 is 0. The van der Waals surface area contributed by atoms with E-state index < -0.39 is 0 Å². The van der Waals surface area contributed by atoms with E-state index in [1.165, 1.54) is 21.9 Å². The number of fused-ring (bicyclic) bond motifs is 2. The molecular weight excluding hydrogens is 460 g/mol. The van der Waals surface area contributed by atoms with Crippen molar-refractivity contribution in [1.29, 1.82) is 0 Å². The molecule has 0 aliphatic rings. The average molecular weight is 493 g/mol. The number of hydrogen-bond acceptors (Lipinski definition) is 3. The number of nitrogens with zero attached hydrogens (tertiary/aromatic N) is 2. The van der Waals surface area contributed by atoms with Crippen molar-refractivity contribution in [2.24, 2.45) is 0 Å². The van der Waals surface area contributed by atoms with Gasteiger partial charge in [0.05, 0.1) is 7.11 Å². The Hall–Kier alpha value is -4.25. The molecule has 0 unspecified atom stereocenters. The van der Waals surface area contributed by atoms with Crippen molar-refractivity contribution in [3.8, 4) is 22.6 Å². The second-order valence-electron chi connectivity index (χ2n) is 9.17. The molecule has 0 saturated carbocycles. The minimum atomic E-state index is -0.343. The Morgan fingerprint density at radius 3 is 2.35 bits per heavy atom. The molecule has 188 valence electrons. The Balaban J connectivity index is 1.63. The van der Waals surface area contributed by atoms with Gasteiger partial charge < -0.3 is 18.9 Å². The lowest BCUT2D eigenvalue weighted by atomic mass is 9.99. The van der Waals surface area contributed by atoms with E-state index in [-0.39, 0.29) is 6.09 Å². The fourth-order valence-electron chi connectivity index (χ4n) is 5.00. The van der Waals surface area contributed by atoms with Crippen LogP contribution in [0.5, 0.6) is 11.5 Å². The molecule has 5 aromatic rings. The predicted molar refractivity (Wildman–Crippen MR) is 151 cm³/mol. The summed E-state index contributed by atoms with van der Waals surface area (Å²) in [6.07, 6.45) is 1.78. The molecule has 1 heterocycles. The van der Waals surface area contributed by atoms with Gasteiger partial charge in [-0.3, -0.25) is 0 Å². The fraction of sp³-hybridized carbons (Fsp3) is 0.219. The van der Waals surface area contributed by atoms with Gasteiger partial charge in [0.25, 0.3) is 0 Å². The van der Waals surface area contributed by atoms with Gasteiger partial charge in [-0.25, -0.2) is 4.79 Å². The predicted octanol–water partition coefficient (Wildman–Crippen LogP) is 7.67. The fourth-order valence-corrected chi connectivity index (χ4v) is 5.00. The number of amides is 1. The molecule has 0 radical (unpaired) electrons. The standard InChI is InChI=1S/C32H32N2O3/c1-5-33(6-2)32(35)37-30-18-17-29-27(31(30)24-13-15-25(36-4)16-14-24)19-20-34(29)21-28-22(3)11-12-23-9-7-8-10-26(23)28/h7-20H,5-6,21H2,1-4H3. The summed E-state index contributed by atoms with van der Waals surface area (Å²) in [7, 11) is 1.66. The van der Waals surface area contributed by atoms with Crippen LogP contribution in [0.1, 0.15) is 25.0 Å². The van der Waals surface area contributed by atoms with Crippen LogP contribution in [0.15, 0.2) is 85.1 Å². The minimum Gasteiger partial charge on any atom is -0.497 e. The average Bonchev–Trinajstić information content (AvgIpc) is 3.33. The van der Waals surface area contributed by atoms with Gasteiger partial charge in [-0.2, -0.15) is 0 Å². The van der Waals surface area contributed by atoms with Crippen LogP contribution in [0.25, 0.3) is 32.8 Å². The summed E-state index contributed by atoms with van der Waals surface area (Å²) in [6.45, 7) is 8.01. The van der Waals surface area contributed by atoms with Gasteiger partial charge in [0.1, 0.15) is 11.5 Å². The lowest BCUT2D eigenvalue weighted by Gasteiger charge is -2.20. The summed E-state index contributed by atoms with van der Waals surface area (Å²) in [6, 6.07) is 26.8. The molecule has 1 amide bonds. The van der Waals surface area contributed by atoms with Crippen molar-refractivity contribution in [2.45, 2.75) is 27.3 Å². The number of carbonyl (C=O) groups excluding carboxylic acids is 1. The molecule has 5 rings (SSSR count). The number of benzene rings is 4. The van der Waals surface area contributed by atoms with Gasteiger partial charge in [-0.05, 0) is 78.6 Å². The van der Waals surface area contributed by atoms with Crippen LogP contribution in [-0.4, -0.2) is 35.8 Å². The van der Waals surface area contributed by atoms with Crippen molar-refractivity contribution >= 4 is 27.8 Å². The molecule has 1 aromatic heterocycles. The number of methoxy groups -OCH3 is 1. The summed E-state index contributed by atoms with van der Waals surface area (Å²) in [4.78, 5) is 14.6. The first-order chi connectivity index (χ1) is 18.0. The molecule has 0 N–H and O–H groups in total. The number of aromatic nitrogens is 1. The molecular formula is C32H32N2O3. The van der Waals surface area contributed by atoms with Gasteiger partial charge >= 0.3 is 6.09 Å². The SMILES string of the molecule is CCN(CC)C(=O)Oc1ccc2c(ccn2Cc2c(C)ccc3ccccc23)c1-c1ccc(OC)cc1. The summed E-state index contributed by atoms with van der Waals surface area (Å²) in [5.41, 5.74) is 5.52. The lowest BCUT2D eigenvalue weighted by Crippen LogP contribution is -2.33. The third-order valence-electron chi connectivity index (χ3n) is 7.12. The lowest BCUT2D eigenvalue weighted by molar-refractivity contribution is 0.157. The van der Waals surface area contributed by atoms with Crippen molar-refractivity contribution < 1.29 is 14.3 Å². The van der Waals surface area contributed by atoms with Crippen LogP contribution < -0.4 is 9.47 Å². The maximum atomic E-state index is 12.9. The molecule has 5 heteroatoms.